The zero-order valence-electron chi connectivity index (χ0n) is 23.4. The molecule has 0 aromatic heterocycles. The first-order valence-corrected chi connectivity index (χ1v) is 13.9. The van der Waals surface area contributed by atoms with E-state index >= 15 is 0 Å². The Morgan fingerprint density at radius 3 is 2.02 bits per heavy atom. The van der Waals surface area contributed by atoms with Crippen molar-refractivity contribution in [2.24, 2.45) is 5.92 Å². The lowest BCUT2D eigenvalue weighted by molar-refractivity contribution is -0.206. The molecule has 0 amide bonds. The molecule has 1 aliphatic heterocycles. The third kappa shape index (κ3) is 8.72. The second-order valence-electron chi connectivity index (χ2n) is 10.3. The van der Waals surface area contributed by atoms with E-state index in [1.807, 2.05) is 6.08 Å². The number of benzene rings is 3. The van der Waals surface area contributed by atoms with Gasteiger partial charge in [-0.1, -0.05) is 25.0 Å². The van der Waals surface area contributed by atoms with Gasteiger partial charge in [0.25, 0.3) is 0 Å². The smallest absolute Gasteiger partial charge is 0.429 e. The summed E-state index contributed by atoms with van der Waals surface area (Å²) in [5.41, 5.74) is -3.00. The standard InChI is InChI=1S/C32H30F8O4/c1-2-3-4-5-6-7-20-17-42-30(43-18-20)22-8-13-25(26(33)16-22)32(39,40)44-24-11-9-23(10-12-24)41-19-21-14-27(34)29(28(35)15-21)31(36,37)38/h2,8-16,20,30H,1,3-7,17-19H2. The molecule has 0 bridgehead atoms. The fourth-order valence-corrected chi connectivity index (χ4v) is 4.67. The Kier molecular flexibility index (Phi) is 10.9. The van der Waals surface area contributed by atoms with Crippen molar-refractivity contribution in [3.63, 3.8) is 0 Å². The molecule has 1 saturated heterocycles. The Labute approximate surface area is 249 Å². The lowest BCUT2D eigenvalue weighted by atomic mass is 10.0. The molecule has 4 rings (SSSR count). The van der Waals surface area contributed by atoms with Crippen molar-refractivity contribution in [3.05, 3.63) is 107 Å². The molecule has 1 aliphatic rings. The van der Waals surface area contributed by atoms with Crippen LogP contribution in [0.3, 0.4) is 0 Å². The van der Waals surface area contributed by atoms with Crippen LogP contribution >= 0.6 is 0 Å². The quantitative estimate of drug-likeness (QED) is 0.107. The van der Waals surface area contributed by atoms with E-state index < -0.39 is 53.8 Å². The Morgan fingerprint density at radius 1 is 0.795 bits per heavy atom. The van der Waals surface area contributed by atoms with E-state index in [1.54, 1.807) is 0 Å². The first-order chi connectivity index (χ1) is 20.9. The summed E-state index contributed by atoms with van der Waals surface area (Å²) in [5.74, 6) is -4.93. The van der Waals surface area contributed by atoms with Crippen LogP contribution in [0, 0.1) is 23.4 Å². The van der Waals surface area contributed by atoms with Crippen molar-refractivity contribution in [1.29, 1.82) is 0 Å². The minimum Gasteiger partial charge on any atom is -0.489 e. The summed E-state index contributed by atoms with van der Waals surface area (Å²) >= 11 is 0. The summed E-state index contributed by atoms with van der Waals surface area (Å²) in [4.78, 5) is 0. The molecule has 0 saturated carbocycles. The maximum atomic E-state index is 14.9. The minimum absolute atomic E-state index is 0.0410. The summed E-state index contributed by atoms with van der Waals surface area (Å²) in [6, 6.07) is 8.61. The highest BCUT2D eigenvalue weighted by molar-refractivity contribution is 5.34. The number of alkyl halides is 5. The van der Waals surface area contributed by atoms with Crippen molar-refractivity contribution < 1.29 is 54.1 Å². The van der Waals surface area contributed by atoms with Gasteiger partial charge in [0.15, 0.2) is 6.29 Å². The summed E-state index contributed by atoms with van der Waals surface area (Å²) in [6.45, 7) is 4.01. The molecule has 1 heterocycles. The van der Waals surface area contributed by atoms with Crippen LogP contribution in [0.4, 0.5) is 35.1 Å². The van der Waals surface area contributed by atoms with Gasteiger partial charge in [0.05, 0.1) is 18.8 Å². The first kappa shape index (κ1) is 33.3. The topological polar surface area (TPSA) is 36.9 Å². The van der Waals surface area contributed by atoms with Gasteiger partial charge in [-0.15, -0.1) is 6.58 Å². The molecule has 238 valence electrons. The van der Waals surface area contributed by atoms with Crippen LogP contribution in [0.1, 0.15) is 60.6 Å². The molecule has 0 spiro atoms. The maximum Gasteiger partial charge on any atom is 0.429 e. The van der Waals surface area contributed by atoms with Gasteiger partial charge in [-0.25, -0.2) is 13.2 Å². The molecule has 0 aliphatic carbocycles. The van der Waals surface area contributed by atoms with E-state index in [0.29, 0.717) is 25.3 Å². The number of hydrogen-bond acceptors (Lipinski definition) is 4. The largest absolute Gasteiger partial charge is 0.489 e. The van der Waals surface area contributed by atoms with Crippen LogP contribution in [-0.4, -0.2) is 13.2 Å². The molecule has 0 atom stereocenters. The summed E-state index contributed by atoms with van der Waals surface area (Å²) in [7, 11) is 0. The second-order valence-corrected chi connectivity index (χ2v) is 10.3. The highest BCUT2D eigenvalue weighted by Crippen LogP contribution is 2.37. The number of halogens is 8. The predicted octanol–water partition coefficient (Wildman–Crippen LogP) is 9.63. The zero-order chi connectivity index (χ0) is 31.9. The van der Waals surface area contributed by atoms with Crippen molar-refractivity contribution in [2.45, 2.75) is 57.3 Å². The molecule has 3 aromatic carbocycles. The predicted molar refractivity (Wildman–Crippen MR) is 144 cm³/mol. The lowest BCUT2D eigenvalue weighted by Gasteiger charge is -2.30. The summed E-state index contributed by atoms with van der Waals surface area (Å²) in [5, 5.41) is 0. The number of allylic oxidation sites excluding steroid dienone is 1. The fraction of sp³-hybridized carbons (Fsp3) is 0.375. The lowest BCUT2D eigenvalue weighted by Crippen LogP contribution is -2.27. The molecule has 0 radical (unpaired) electrons. The monoisotopic (exact) mass is 630 g/mol. The van der Waals surface area contributed by atoms with Crippen LogP contribution in [0.25, 0.3) is 0 Å². The van der Waals surface area contributed by atoms with E-state index in [1.165, 1.54) is 18.2 Å². The van der Waals surface area contributed by atoms with E-state index in [4.69, 9.17) is 18.9 Å². The Hall–Kier alpha value is -3.64. The van der Waals surface area contributed by atoms with Crippen molar-refractivity contribution >= 4 is 0 Å². The molecule has 0 N–H and O–H groups in total. The average molecular weight is 631 g/mol. The molecular formula is C32H30F8O4. The fourth-order valence-electron chi connectivity index (χ4n) is 4.67. The van der Waals surface area contributed by atoms with Gasteiger partial charge in [0, 0.05) is 11.5 Å². The van der Waals surface area contributed by atoms with E-state index in [2.05, 4.69) is 6.58 Å². The van der Waals surface area contributed by atoms with Crippen LogP contribution in [0.15, 0.2) is 67.3 Å². The molecule has 4 nitrogen and oxygen atoms in total. The maximum absolute atomic E-state index is 14.9. The number of rotatable bonds is 13. The Morgan fingerprint density at radius 2 is 1.43 bits per heavy atom. The molecule has 44 heavy (non-hydrogen) atoms. The Balaban J connectivity index is 1.30. The highest BCUT2D eigenvalue weighted by Gasteiger charge is 2.39. The van der Waals surface area contributed by atoms with Gasteiger partial charge in [0.1, 0.15) is 41.1 Å². The van der Waals surface area contributed by atoms with Crippen LogP contribution in [0.5, 0.6) is 11.5 Å². The van der Waals surface area contributed by atoms with Crippen molar-refractivity contribution in [2.75, 3.05) is 13.2 Å². The Bertz CT molecular complexity index is 1380. The molecular weight excluding hydrogens is 600 g/mol. The van der Waals surface area contributed by atoms with Crippen molar-refractivity contribution in [1.82, 2.24) is 0 Å². The van der Waals surface area contributed by atoms with E-state index in [0.717, 1.165) is 56.4 Å². The first-order valence-electron chi connectivity index (χ1n) is 13.9. The van der Waals surface area contributed by atoms with Crippen LogP contribution < -0.4 is 9.47 Å². The molecule has 12 heteroatoms. The second kappa shape index (κ2) is 14.4. The summed E-state index contributed by atoms with van der Waals surface area (Å²) < 4.78 is 132. The SMILES string of the molecule is C=CCCCCCC1COC(c2ccc(C(F)(F)Oc3ccc(OCc4cc(F)c(C(F)(F)F)c(F)c4)cc3)c(F)c2)OC1. The van der Waals surface area contributed by atoms with Crippen LogP contribution in [-0.2, 0) is 28.4 Å². The van der Waals surface area contributed by atoms with E-state index in [-0.39, 0.29) is 28.5 Å². The summed E-state index contributed by atoms with van der Waals surface area (Å²) in [6.07, 6.45) is -3.21. The number of unbranched alkanes of at least 4 members (excludes halogenated alkanes) is 3. The average Bonchev–Trinajstić information content (AvgIpc) is 2.95. The van der Waals surface area contributed by atoms with Gasteiger partial charge in [-0.05, 0) is 73.4 Å². The number of hydrogen-bond donors (Lipinski definition) is 0. The van der Waals surface area contributed by atoms with Gasteiger partial charge >= 0.3 is 12.3 Å². The highest BCUT2D eigenvalue weighted by atomic mass is 19.4. The van der Waals surface area contributed by atoms with E-state index in [9.17, 15) is 35.1 Å². The normalized spacial score (nSPS) is 17.4. The zero-order valence-corrected chi connectivity index (χ0v) is 23.4. The number of ether oxygens (including phenoxy) is 4. The molecule has 0 unspecified atom stereocenters. The van der Waals surface area contributed by atoms with Gasteiger partial charge < -0.3 is 18.9 Å². The molecule has 3 aromatic rings. The third-order valence-corrected chi connectivity index (χ3v) is 6.93. The van der Waals surface area contributed by atoms with Crippen molar-refractivity contribution in [3.8, 4) is 11.5 Å². The van der Waals surface area contributed by atoms with Gasteiger partial charge in [-0.3, -0.25) is 0 Å². The molecule has 1 fully saturated rings. The van der Waals surface area contributed by atoms with Crippen LogP contribution in [0.2, 0.25) is 0 Å². The minimum atomic E-state index is -5.20. The van der Waals surface area contributed by atoms with Gasteiger partial charge in [0.2, 0.25) is 0 Å². The third-order valence-electron chi connectivity index (χ3n) is 6.93. The van der Waals surface area contributed by atoms with Gasteiger partial charge in [-0.2, -0.15) is 22.0 Å².